The van der Waals surface area contributed by atoms with Crippen molar-refractivity contribution in [2.45, 2.75) is 68.4 Å². The maximum Gasteiger partial charge on any atom is 0.130 e. The lowest BCUT2D eigenvalue weighted by atomic mass is 9.96. The number of phenolic OH excluding ortho intramolecular Hbond substituents is 2. The van der Waals surface area contributed by atoms with Crippen molar-refractivity contribution < 1.29 is 19.7 Å². The fraction of sp³-hybridized carbons (Fsp3) is 0.314. The highest BCUT2D eigenvalue weighted by Crippen LogP contribution is 2.36. The minimum absolute atomic E-state index is 0.146. The molecule has 1 unspecified atom stereocenters. The Hall–Kier alpha value is -3.92. The van der Waals surface area contributed by atoms with Gasteiger partial charge in [-0.1, -0.05) is 0 Å². The smallest absolute Gasteiger partial charge is 0.130 e. The standard InChI is InChI=1S/C35H40O4/c1-19-10-28(11-20(2)32(19)36)30-14-23(5)34(24(6)15-30)38-18-27(9)39-35-25(7)16-31(17-26(35)8)29-12-21(3)33(37)22(4)13-29/h10-17,27,36-37H,18H2,1-9H3. The van der Waals surface area contributed by atoms with E-state index < -0.39 is 0 Å². The molecule has 4 aromatic rings. The van der Waals surface area contributed by atoms with Crippen LogP contribution in [0.3, 0.4) is 0 Å². The quantitative estimate of drug-likeness (QED) is 0.254. The molecule has 4 heteroatoms. The van der Waals surface area contributed by atoms with Crippen LogP contribution in [0.2, 0.25) is 0 Å². The molecule has 204 valence electrons. The lowest BCUT2D eigenvalue weighted by Crippen LogP contribution is -2.22. The second-order valence-corrected chi connectivity index (χ2v) is 11.0. The van der Waals surface area contributed by atoms with Gasteiger partial charge in [-0.25, -0.2) is 0 Å². The molecule has 0 radical (unpaired) electrons. The molecule has 0 aliphatic heterocycles. The van der Waals surface area contributed by atoms with Gasteiger partial charge in [0.15, 0.2) is 0 Å². The summed E-state index contributed by atoms with van der Waals surface area (Å²) in [5.74, 6) is 2.46. The summed E-state index contributed by atoms with van der Waals surface area (Å²) in [7, 11) is 0. The molecule has 0 aliphatic rings. The summed E-state index contributed by atoms with van der Waals surface area (Å²) < 4.78 is 12.7. The SMILES string of the molecule is Cc1cc(-c2cc(C)c(OCC(C)Oc3c(C)cc(-c4cc(C)c(O)c(C)c4)cc3C)c(C)c2)cc(C)c1O. The Morgan fingerprint density at radius 2 is 0.769 bits per heavy atom. The van der Waals surface area contributed by atoms with Crippen molar-refractivity contribution in [3.63, 3.8) is 0 Å². The monoisotopic (exact) mass is 524 g/mol. The number of benzene rings is 4. The first-order valence-corrected chi connectivity index (χ1v) is 13.5. The molecule has 4 rings (SSSR count). The van der Waals surface area contributed by atoms with Crippen molar-refractivity contribution >= 4 is 0 Å². The Morgan fingerprint density at radius 1 is 0.487 bits per heavy atom. The first-order valence-electron chi connectivity index (χ1n) is 13.5. The van der Waals surface area contributed by atoms with Gasteiger partial charge in [0.2, 0.25) is 0 Å². The molecule has 1 atom stereocenters. The van der Waals surface area contributed by atoms with Gasteiger partial charge in [0, 0.05) is 0 Å². The number of ether oxygens (including phenoxy) is 2. The Bertz CT molecular complexity index is 1450. The molecule has 0 bridgehead atoms. The Kier molecular flexibility index (Phi) is 7.96. The molecular weight excluding hydrogens is 484 g/mol. The van der Waals surface area contributed by atoms with Crippen LogP contribution in [-0.2, 0) is 0 Å². The van der Waals surface area contributed by atoms with E-state index in [1.54, 1.807) is 0 Å². The van der Waals surface area contributed by atoms with E-state index in [1.807, 2.05) is 58.9 Å². The van der Waals surface area contributed by atoms with Gasteiger partial charge in [-0.05, 0) is 178 Å². The zero-order chi connectivity index (χ0) is 28.6. The van der Waals surface area contributed by atoms with Crippen molar-refractivity contribution in [2.24, 2.45) is 0 Å². The summed E-state index contributed by atoms with van der Waals surface area (Å²) in [6, 6.07) is 16.6. The lowest BCUT2D eigenvalue weighted by molar-refractivity contribution is 0.140. The van der Waals surface area contributed by atoms with E-state index in [1.165, 1.54) is 0 Å². The highest BCUT2D eigenvalue weighted by Gasteiger charge is 2.16. The molecule has 0 aromatic heterocycles. The molecular formula is C35H40O4. The normalized spacial score (nSPS) is 11.9. The molecule has 0 aliphatic carbocycles. The van der Waals surface area contributed by atoms with Gasteiger partial charge in [0.05, 0.1) is 0 Å². The fourth-order valence-electron chi connectivity index (χ4n) is 5.33. The molecule has 0 saturated heterocycles. The minimum Gasteiger partial charge on any atom is -0.507 e. The van der Waals surface area contributed by atoms with Crippen LogP contribution in [0.5, 0.6) is 23.0 Å². The maximum absolute atomic E-state index is 10.2. The van der Waals surface area contributed by atoms with Crippen molar-refractivity contribution in [1.82, 2.24) is 0 Å². The third-order valence-electron chi connectivity index (χ3n) is 7.35. The summed E-state index contributed by atoms with van der Waals surface area (Å²) in [4.78, 5) is 0. The van der Waals surface area contributed by atoms with Crippen LogP contribution < -0.4 is 9.47 Å². The Balaban J connectivity index is 1.49. The van der Waals surface area contributed by atoms with E-state index in [0.29, 0.717) is 18.1 Å². The average molecular weight is 525 g/mol. The predicted molar refractivity (Wildman–Crippen MR) is 161 cm³/mol. The number of hydrogen-bond donors (Lipinski definition) is 2. The fourth-order valence-corrected chi connectivity index (χ4v) is 5.33. The summed E-state index contributed by atoms with van der Waals surface area (Å²) in [5, 5.41) is 20.3. The first kappa shape index (κ1) is 28.1. The Morgan fingerprint density at radius 3 is 1.10 bits per heavy atom. The number of rotatable bonds is 7. The van der Waals surface area contributed by atoms with Gasteiger partial charge in [-0.3, -0.25) is 0 Å². The van der Waals surface area contributed by atoms with E-state index in [9.17, 15) is 10.2 Å². The molecule has 39 heavy (non-hydrogen) atoms. The van der Waals surface area contributed by atoms with Gasteiger partial charge in [0.25, 0.3) is 0 Å². The van der Waals surface area contributed by atoms with Gasteiger partial charge >= 0.3 is 0 Å². The van der Waals surface area contributed by atoms with Crippen LogP contribution in [0.25, 0.3) is 22.3 Å². The lowest BCUT2D eigenvalue weighted by Gasteiger charge is -2.21. The molecule has 4 nitrogen and oxygen atoms in total. The molecule has 0 spiro atoms. The van der Waals surface area contributed by atoms with E-state index in [4.69, 9.17) is 9.47 Å². The first-order chi connectivity index (χ1) is 18.3. The number of hydrogen-bond acceptors (Lipinski definition) is 4. The molecule has 0 heterocycles. The number of aryl methyl sites for hydroxylation is 8. The third-order valence-corrected chi connectivity index (χ3v) is 7.35. The van der Waals surface area contributed by atoms with E-state index >= 15 is 0 Å². The van der Waals surface area contributed by atoms with Crippen LogP contribution >= 0.6 is 0 Å². The third kappa shape index (κ3) is 5.90. The summed E-state index contributed by atoms with van der Waals surface area (Å²) in [6.45, 7) is 18.4. The summed E-state index contributed by atoms with van der Waals surface area (Å²) >= 11 is 0. The van der Waals surface area contributed by atoms with Gasteiger partial charge in [-0.2, -0.15) is 0 Å². The zero-order valence-corrected chi connectivity index (χ0v) is 24.6. The van der Waals surface area contributed by atoms with E-state index in [-0.39, 0.29) is 6.10 Å². The highest BCUT2D eigenvalue weighted by molar-refractivity contribution is 5.71. The molecule has 0 amide bonds. The second kappa shape index (κ2) is 11.1. The van der Waals surface area contributed by atoms with Crippen molar-refractivity contribution in [3.05, 3.63) is 93.0 Å². The van der Waals surface area contributed by atoms with Crippen LogP contribution in [0.1, 0.15) is 51.4 Å². The van der Waals surface area contributed by atoms with Crippen LogP contribution in [0.4, 0.5) is 0 Å². The van der Waals surface area contributed by atoms with Gasteiger partial charge in [0.1, 0.15) is 35.7 Å². The zero-order valence-electron chi connectivity index (χ0n) is 24.6. The summed E-state index contributed by atoms with van der Waals surface area (Å²) in [6.07, 6.45) is -0.146. The maximum atomic E-state index is 10.2. The highest BCUT2D eigenvalue weighted by atomic mass is 16.5. The van der Waals surface area contributed by atoms with Crippen LogP contribution in [0, 0.1) is 55.4 Å². The van der Waals surface area contributed by atoms with Gasteiger partial charge in [-0.15, -0.1) is 0 Å². The second-order valence-electron chi connectivity index (χ2n) is 11.0. The number of aromatic hydroxyl groups is 2. The molecule has 4 aromatic carbocycles. The van der Waals surface area contributed by atoms with Crippen molar-refractivity contribution in [3.8, 4) is 45.3 Å². The topological polar surface area (TPSA) is 58.9 Å². The van der Waals surface area contributed by atoms with Crippen molar-refractivity contribution in [1.29, 1.82) is 0 Å². The van der Waals surface area contributed by atoms with Crippen molar-refractivity contribution in [2.75, 3.05) is 6.61 Å². The van der Waals surface area contributed by atoms with Gasteiger partial charge < -0.3 is 19.7 Å². The van der Waals surface area contributed by atoms with E-state index in [2.05, 4.69) is 52.0 Å². The average Bonchev–Trinajstić information content (AvgIpc) is 2.86. The van der Waals surface area contributed by atoms with E-state index in [0.717, 1.165) is 78.3 Å². The summed E-state index contributed by atoms with van der Waals surface area (Å²) in [5.41, 5.74) is 12.2. The molecule has 0 saturated carbocycles. The largest absolute Gasteiger partial charge is 0.507 e. The molecule has 0 fully saturated rings. The predicted octanol–water partition coefficient (Wildman–Crippen LogP) is 8.75. The van der Waals surface area contributed by atoms with Crippen LogP contribution in [-0.4, -0.2) is 22.9 Å². The molecule has 2 N–H and O–H groups in total. The van der Waals surface area contributed by atoms with Crippen LogP contribution in [0.15, 0.2) is 48.5 Å². The number of phenols is 2. The minimum atomic E-state index is -0.146. The Labute approximate surface area is 232 Å².